The van der Waals surface area contributed by atoms with Crippen LogP contribution in [0.2, 0.25) is 5.02 Å². The summed E-state index contributed by atoms with van der Waals surface area (Å²) in [6, 6.07) is 3.15. The van der Waals surface area contributed by atoms with Crippen LogP contribution < -0.4 is 0 Å². The third-order valence-electron chi connectivity index (χ3n) is 1.89. The van der Waals surface area contributed by atoms with Crippen LogP contribution >= 0.6 is 11.6 Å². The van der Waals surface area contributed by atoms with Gasteiger partial charge in [0.15, 0.2) is 0 Å². The lowest BCUT2D eigenvalue weighted by Gasteiger charge is -2.13. The van der Waals surface area contributed by atoms with Crippen molar-refractivity contribution in [3.8, 4) is 5.75 Å². The minimum absolute atomic E-state index is 0.155. The van der Waals surface area contributed by atoms with Crippen molar-refractivity contribution >= 4 is 11.6 Å². The molecule has 4 heteroatoms. The van der Waals surface area contributed by atoms with E-state index in [0.29, 0.717) is 10.6 Å². The van der Waals surface area contributed by atoms with Gasteiger partial charge in [-0.25, -0.2) is 0 Å². The molecule has 0 aliphatic carbocycles. The summed E-state index contributed by atoms with van der Waals surface area (Å²) in [5.41, 5.74) is 1.44. The van der Waals surface area contributed by atoms with Crippen molar-refractivity contribution < 1.29 is 10.3 Å². The molecule has 0 fully saturated rings. The maximum atomic E-state index is 9.47. The van der Waals surface area contributed by atoms with E-state index >= 15 is 0 Å². The Balaban J connectivity index is 3.10. The van der Waals surface area contributed by atoms with Gasteiger partial charge in [-0.1, -0.05) is 11.6 Å². The molecular weight excluding hydrogens is 190 g/mol. The molecule has 0 aliphatic rings. The standard InChI is InChI=1S/C9H12ClNO2/c1-6-7(5-11(2)13)9(12)4-3-8(6)10/h3-4,12-13H,5H2,1-2H3. The fourth-order valence-corrected chi connectivity index (χ4v) is 1.32. The van der Waals surface area contributed by atoms with Crippen LogP contribution in [0.15, 0.2) is 12.1 Å². The van der Waals surface area contributed by atoms with Crippen LogP contribution in [0.4, 0.5) is 0 Å². The van der Waals surface area contributed by atoms with Gasteiger partial charge >= 0.3 is 0 Å². The lowest BCUT2D eigenvalue weighted by atomic mass is 10.1. The highest BCUT2D eigenvalue weighted by molar-refractivity contribution is 6.31. The van der Waals surface area contributed by atoms with Crippen molar-refractivity contribution in [3.63, 3.8) is 0 Å². The molecule has 0 radical (unpaired) electrons. The molecule has 3 nitrogen and oxygen atoms in total. The van der Waals surface area contributed by atoms with Gasteiger partial charge in [0.25, 0.3) is 0 Å². The highest BCUT2D eigenvalue weighted by atomic mass is 35.5. The summed E-state index contributed by atoms with van der Waals surface area (Å²) in [7, 11) is 1.51. The average molecular weight is 202 g/mol. The van der Waals surface area contributed by atoms with Crippen LogP contribution in [-0.2, 0) is 6.54 Å². The van der Waals surface area contributed by atoms with E-state index in [1.54, 1.807) is 13.0 Å². The molecule has 0 atom stereocenters. The normalized spacial score (nSPS) is 10.8. The molecule has 0 aromatic heterocycles. The Morgan fingerprint density at radius 2 is 2.08 bits per heavy atom. The summed E-state index contributed by atoms with van der Waals surface area (Å²) in [4.78, 5) is 0. The van der Waals surface area contributed by atoms with Gasteiger partial charge in [0.05, 0.1) is 6.54 Å². The number of phenolic OH excluding ortho intramolecular Hbond substituents is 1. The third kappa shape index (κ3) is 2.34. The fraction of sp³-hybridized carbons (Fsp3) is 0.333. The van der Waals surface area contributed by atoms with E-state index in [1.807, 2.05) is 0 Å². The van der Waals surface area contributed by atoms with Gasteiger partial charge in [0.1, 0.15) is 5.75 Å². The van der Waals surface area contributed by atoms with Crippen LogP contribution in [0.25, 0.3) is 0 Å². The number of hydroxylamine groups is 2. The number of aromatic hydroxyl groups is 1. The molecule has 1 aromatic carbocycles. The summed E-state index contributed by atoms with van der Waals surface area (Å²) < 4.78 is 0. The van der Waals surface area contributed by atoms with Gasteiger partial charge in [-0.15, -0.1) is 0 Å². The van der Waals surface area contributed by atoms with Crippen molar-refractivity contribution in [2.45, 2.75) is 13.5 Å². The predicted molar refractivity (Wildman–Crippen MR) is 51.1 cm³/mol. The number of phenols is 1. The second-order valence-electron chi connectivity index (χ2n) is 2.99. The molecule has 0 spiro atoms. The first-order chi connectivity index (χ1) is 6.02. The zero-order valence-corrected chi connectivity index (χ0v) is 8.34. The largest absolute Gasteiger partial charge is 0.508 e. The number of nitrogens with zero attached hydrogens (tertiary/aromatic N) is 1. The van der Waals surface area contributed by atoms with Crippen LogP contribution in [0.3, 0.4) is 0 Å². The zero-order chi connectivity index (χ0) is 10.0. The molecule has 0 saturated carbocycles. The summed E-state index contributed by atoms with van der Waals surface area (Å²) in [6.45, 7) is 2.07. The van der Waals surface area contributed by atoms with Crippen LogP contribution in [-0.4, -0.2) is 22.4 Å². The van der Waals surface area contributed by atoms with E-state index in [0.717, 1.165) is 10.6 Å². The van der Waals surface area contributed by atoms with E-state index in [4.69, 9.17) is 16.8 Å². The Labute approximate surface area is 82.1 Å². The molecule has 72 valence electrons. The molecule has 0 unspecified atom stereocenters. The molecule has 0 saturated heterocycles. The molecule has 0 amide bonds. The van der Waals surface area contributed by atoms with Crippen molar-refractivity contribution in [2.75, 3.05) is 7.05 Å². The lowest BCUT2D eigenvalue weighted by Crippen LogP contribution is -2.12. The highest BCUT2D eigenvalue weighted by Gasteiger charge is 2.09. The van der Waals surface area contributed by atoms with Gasteiger partial charge in [-0.2, -0.15) is 5.06 Å². The van der Waals surface area contributed by atoms with Crippen molar-refractivity contribution in [3.05, 3.63) is 28.3 Å². The van der Waals surface area contributed by atoms with E-state index in [-0.39, 0.29) is 12.3 Å². The molecule has 2 N–H and O–H groups in total. The number of rotatable bonds is 2. The highest BCUT2D eigenvalue weighted by Crippen LogP contribution is 2.27. The predicted octanol–water partition coefficient (Wildman–Crippen LogP) is 2.18. The van der Waals surface area contributed by atoms with E-state index in [2.05, 4.69) is 0 Å². The molecule has 0 bridgehead atoms. The summed E-state index contributed by atoms with van der Waals surface area (Å²) >= 11 is 5.86. The molecule has 0 aliphatic heterocycles. The minimum atomic E-state index is 0.155. The van der Waals surface area contributed by atoms with Gasteiger partial charge in [0, 0.05) is 17.6 Å². The summed E-state index contributed by atoms with van der Waals surface area (Å²) in [5, 5.41) is 20.1. The molecule has 0 heterocycles. The van der Waals surface area contributed by atoms with Crippen LogP contribution in [0.1, 0.15) is 11.1 Å². The Kier molecular flexibility index (Phi) is 3.14. The molecule has 13 heavy (non-hydrogen) atoms. The van der Waals surface area contributed by atoms with Crippen LogP contribution in [0.5, 0.6) is 5.75 Å². The van der Waals surface area contributed by atoms with Crippen LogP contribution in [0, 0.1) is 6.92 Å². The first-order valence-electron chi connectivity index (χ1n) is 3.89. The SMILES string of the molecule is Cc1c(Cl)ccc(O)c1CN(C)O. The monoisotopic (exact) mass is 201 g/mol. The Hall–Kier alpha value is -0.770. The summed E-state index contributed by atoms with van der Waals surface area (Å²) in [6.07, 6.45) is 0. The maximum absolute atomic E-state index is 9.47. The van der Waals surface area contributed by atoms with E-state index in [9.17, 15) is 5.11 Å². The quantitative estimate of drug-likeness (QED) is 0.721. The minimum Gasteiger partial charge on any atom is -0.508 e. The first kappa shape index (κ1) is 10.3. The molecular formula is C9H12ClNO2. The average Bonchev–Trinajstić information content (AvgIpc) is 2.05. The number of halogens is 1. The number of hydrogen-bond acceptors (Lipinski definition) is 3. The maximum Gasteiger partial charge on any atom is 0.120 e. The first-order valence-corrected chi connectivity index (χ1v) is 4.27. The Bertz CT molecular complexity index is 313. The number of benzene rings is 1. The molecule has 1 aromatic rings. The second-order valence-corrected chi connectivity index (χ2v) is 3.39. The third-order valence-corrected chi connectivity index (χ3v) is 2.30. The van der Waals surface area contributed by atoms with E-state index in [1.165, 1.54) is 13.1 Å². The molecule has 1 rings (SSSR count). The fourth-order valence-electron chi connectivity index (χ4n) is 1.14. The Morgan fingerprint density at radius 1 is 1.46 bits per heavy atom. The van der Waals surface area contributed by atoms with Crippen molar-refractivity contribution in [1.29, 1.82) is 0 Å². The van der Waals surface area contributed by atoms with Gasteiger partial charge in [-0.3, -0.25) is 0 Å². The van der Waals surface area contributed by atoms with Gasteiger partial charge in [0.2, 0.25) is 0 Å². The number of hydrogen-bond donors (Lipinski definition) is 2. The van der Waals surface area contributed by atoms with E-state index < -0.39 is 0 Å². The smallest absolute Gasteiger partial charge is 0.120 e. The lowest BCUT2D eigenvalue weighted by molar-refractivity contribution is -0.0736. The van der Waals surface area contributed by atoms with Crippen molar-refractivity contribution in [2.24, 2.45) is 0 Å². The van der Waals surface area contributed by atoms with Gasteiger partial charge in [-0.05, 0) is 24.6 Å². The summed E-state index contributed by atoms with van der Waals surface area (Å²) in [5.74, 6) is 0.155. The van der Waals surface area contributed by atoms with Gasteiger partial charge < -0.3 is 10.3 Å². The Morgan fingerprint density at radius 3 is 2.62 bits per heavy atom. The second kappa shape index (κ2) is 3.96. The zero-order valence-electron chi connectivity index (χ0n) is 7.58. The topological polar surface area (TPSA) is 43.7 Å². The van der Waals surface area contributed by atoms with Crippen molar-refractivity contribution in [1.82, 2.24) is 5.06 Å².